The Kier molecular flexibility index (Phi) is 4.13. The molecule has 1 amide bonds. The standard InChI is InChI=1S/C20H22BN3O3/c1-12(25)27-11-14-15(21)4-5-22-18(14)24-7-6-23-16(19(24)26)8-13-9-20(2,3)10-17(13)23/h4-5,8H,6-7,9-11H2,1-3H3. The maximum absolute atomic E-state index is 13.2. The van der Waals surface area contributed by atoms with Gasteiger partial charge in [-0.25, -0.2) is 4.98 Å². The highest BCUT2D eigenvalue weighted by Crippen LogP contribution is 2.39. The molecule has 0 spiro atoms. The van der Waals surface area contributed by atoms with Crippen LogP contribution in [0, 0.1) is 5.41 Å². The first-order valence-corrected chi connectivity index (χ1v) is 9.17. The zero-order valence-electron chi connectivity index (χ0n) is 15.9. The third-order valence-corrected chi connectivity index (χ3v) is 5.37. The molecular weight excluding hydrogens is 341 g/mol. The van der Waals surface area contributed by atoms with Crippen molar-refractivity contribution in [2.45, 2.75) is 46.8 Å². The van der Waals surface area contributed by atoms with Crippen LogP contribution in [0.3, 0.4) is 0 Å². The van der Waals surface area contributed by atoms with E-state index in [0.717, 1.165) is 19.4 Å². The third-order valence-electron chi connectivity index (χ3n) is 5.37. The van der Waals surface area contributed by atoms with E-state index in [1.165, 1.54) is 18.2 Å². The number of anilines is 1. The average Bonchev–Trinajstić information content (AvgIpc) is 3.06. The Morgan fingerprint density at radius 2 is 2.11 bits per heavy atom. The van der Waals surface area contributed by atoms with Gasteiger partial charge < -0.3 is 9.30 Å². The van der Waals surface area contributed by atoms with Crippen LogP contribution >= 0.6 is 0 Å². The topological polar surface area (TPSA) is 64.4 Å². The van der Waals surface area contributed by atoms with E-state index in [9.17, 15) is 9.59 Å². The van der Waals surface area contributed by atoms with Crippen molar-refractivity contribution in [3.8, 4) is 0 Å². The molecule has 1 aliphatic heterocycles. The molecule has 27 heavy (non-hydrogen) atoms. The summed E-state index contributed by atoms with van der Waals surface area (Å²) >= 11 is 0. The van der Waals surface area contributed by atoms with Crippen LogP contribution in [0.1, 0.15) is 48.1 Å². The molecule has 2 radical (unpaired) electrons. The number of fused-ring (bicyclic) bond motifs is 3. The van der Waals surface area contributed by atoms with Crippen molar-refractivity contribution < 1.29 is 14.3 Å². The highest BCUT2D eigenvalue weighted by atomic mass is 16.5. The molecule has 2 aromatic heterocycles. The number of amides is 1. The SMILES string of the molecule is [B]c1ccnc(N2CCn3c(cc4c3CC(C)(C)C4)C2=O)c1COC(C)=O. The normalized spacial score (nSPS) is 17.6. The van der Waals surface area contributed by atoms with Gasteiger partial charge in [-0.05, 0) is 29.9 Å². The molecule has 0 atom stereocenters. The number of ether oxygens (including phenoxy) is 1. The zero-order chi connectivity index (χ0) is 19.3. The Bertz CT molecular complexity index is 948. The predicted octanol–water partition coefficient (Wildman–Crippen LogP) is 1.53. The molecule has 0 N–H and O–H groups in total. The summed E-state index contributed by atoms with van der Waals surface area (Å²) in [6, 6.07) is 3.67. The summed E-state index contributed by atoms with van der Waals surface area (Å²) in [7, 11) is 6.07. The number of carbonyl (C=O) groups is 2. The number of nitrogens with zero attached hydrogens (tertiary/aromatic N) is 3. The van der Waals surface area contributed by atoms with E-state index >= 15 is 0 Å². The van der Waals surface area contributed by atoms with Crippen LogP contribution in [-0.2, 0) is 35.5 Å². The minimum atomic E-state index is -0.401. The maximum Gasteiger partial charge on any atom is 0.302 e. The number of hydrogen-bond donors (Lipinski definition) is 0. The Hall–Kier alpha value is -2.57. The highest BCUT2D eigenvalue weighted by molar-refractivity contribution is 6.33. The van der Waals surface area contributed by atoms with Crippen LogP contribution in [0.25, 0.3) is 0 Å². The fourth-order valence-electron chi connectivity index (χ4n) is 4.16. The van der Waals surface area contributed by atoms with Crippen molar-refractivity contribution in [1.82, 2.24) is 9.55 Å². The lowest BCUT2D eigenvalue weighted by atomic mass is 9.90. The molecule has 0 saturated carbocycles. The van der Waals surface area contributed by atoms with Crippen molar-refractivity contribution in [1.29, 1.82) is 0 Å². The summed E-state index contributed by atoms with van der Waals surface area (Å²) < 4.78 is 7.27. The number of aromatic nitrogens is 2. The first-order chi connectivity index (χ1) is 12.8. The van der Waals surface area contributed by atoms with Crippen LogP contribution < -0.4 is 10.4 Å². The van der Waals surface area contributed by atoms with Gasteiger partial charge in [0.1, 0.15) is 26.0 Å². The Morgan fingerprint density at radius 3 is 2.85 bits per heavy atom. The minimum Gasteiger partial charge on any atom is -0.461 e. The molecule has 0 saturated heterocycles. The van der Waals surface area contributed by atoms with Crippen molar-refractivity contribution in [3.05, 3.63) is 40.8 Å². The number of pyridine rings is 1. The molecule has 0 unspecified atom stereocenters. The van der Waals surface area contributed by atoms with E-state index in [0.29, 0.717) is 29.1 Å². The third kappa shape index (κ3) is 3.05. The molecule has 2 aromatic rings. The van der Waals surface area contributed by atoms with Gasteiger partial charge in [0.2, 0.25) is 0 Å². The van der Waals surface area contributed by atoms with E-state index in [2.05, 4.69) is 23.4 Å². The molecule has 7 heteroatoms. The summed E-state index contributed by atoms with van der Waals surface area (Å²) in [5.74, 6) is -0.0214. The summed E-state index contributed by atoms with van der Waals surface area (Å²) in [6.07, 6.45) is 3.55. The first kappa shape index (κ1) is 17.8. The van der Waals surface area contributed by atoms with Gasteiger partial charge in [0.15, 0.2) is 0 Å². The highest BCUT2D eigenvalue weighted by Gasteiger charge is 2.37. The van der Waals surface area contributed by atoms with E-state index in [1.807, 2.05) is 6.07 Å². The second-order valence-corrected chi connectivity index (χ2v) is 8.11. The lowest BCUT2D eigenvalue weighted by Crippen LogP contribution is -2.42. The van der Waals surface area contributed by atoms with Crippen molar-refractivity contribution in [3.63, 3.8) is 0 Å². The van der Waals surface area contributed by atoms with E-state index in [-0.39, 0.29) is 17.9 Å². The van der Waals surface area contributed by atoms with Crippen molar-refractivity contribution in [2.24, 2.45) is 5.41 Å². The van der Waals surface area contributed by atoms with Crippen LogP contribution in [0.15, 0.2) is 18.3 Å². The van der Waals surface area contributed by atoms with Crippen LogP contribution in [0.4, 0.5) is 5.82 Å². The first-order valence-electron chi connectivity index (χ1n) is 9.17. The molecule has 0 aromatic carbocycles. The van der Waals surface area contributed by atoms with E-state index in [4.69, 9.17) is 12.6 Å². The van der Waals surface area contributed by atoms with Crippen molar-refractivity contribution in [2.75, 3.05) is 11.4 Å². The van der Waals surface area contributed by atoms with Crippen LogP contribution in [0.2, 0.25) is 0 Å². The summed E-state index contributed by atoms with van der Waals surface area (Å²) in [4.78, 5) is 30.4. The number of hydrogen-bond acceptors (Lipinski definition) is 4. The van der Waals surface area contributed by atoms with Gasteiger partial charge in [-0.1, -0.05) is 25.4 Å². The van der Waals surface area contributed by atoms with Gasteiger partial charge in [-0.15, -0.1) is 0 Å². The lowest BCUT2D eigenvalue weighted by Gasteiger charge is -2.31. The molecule has 1 aliphatic carbocycles. The Labute approximate surface area is 159 Å². The maximum atomic E-state index is 13.2. The van der Waals surface area contributed by atoms with Gasteiger partial charge in [-0.3, -0.25) is 14.5 Å². The second-order valence-electron chi connectivity index (χ2n) is 8.11. The zero-order valence-corrected chi connectivity index (χ0v) is 15.9. The molecule has 0 bridgehead atoms. The van der Waals surface area contributed by atoms with E-state index in [1.54, 1.807) is 17.2 Å². The average molecular weight is 363 g/mol. The molecule has 0 fully saturated rings. The van der Waals surface area contributed by atoms with E-state index < -0.39 is 5.97 Å². The van der Waals surface area contributed by atoms with Crippen LogP contribution in [0.5, 0.6) is 0 Å². The molecule has 2 aliphatic rings. The lowest BCUT2D eigenvalue weighted by molar-refractivity contribution is -0.142. The predicted molar refractivity (Wildman–Crippen MR) is 102 cm³/mol. The van der Waals surface area contributed by atoms with Gasteiger partial charge in [0, 0.05) is 37.5 Å². The van der Waals surface area contributed by atoms with Gasteiger partial charge >= 0.3 is 5.97 Å². The molecule has 3 heterocycles. The summed E-state index contributed by atoms with van der Waals surface area (Å²) in [6.45, 7) is 7.09. The summed E-state index contributed by atoms with van der Waals surface area (Å²) in [5, 5.41) is 0. The van der Waals surface area contributed by atoms with Gasteiger partial charge in [-0.2, -0.15) is 0 Å². The van der Waals surface area contributed by atoms with Crippen LogP contribution in [-0.4, -0.2) is 35.8 Å². The number of rotatable bonds is 3. The number of esters is 1. The quantitative estimate of drug-likeness (QED) is 0.613. The Morgan fingerprint density at radius 1 is 1.33 bits per heavy atom. The monoisotopic (exact) mass is 363 g/mol. The summed E-state index contributed by atoms with van der Waals surface area (Å²) in [5.41, 5.74) is 4.52. The molecule has 138 valence electrons. The fourth-order valence-corrected chi connectivity index (χ4v) is 4.16. The minimum absolute atomic E-state index is 0.000177. The fraction of sp³-hybridized carbons (Fsp3) is 0.450. The Balaban J connectivity index is 1.68. The largest absolute Gasteiger partial charge is 0.461 e. The number of carbonyl (C=O) groups excluding carboxylic acids is 2. The van der Waals surface area contributed by atoms with Crippen molar-refractivity contribution >= 4 is 31.0 Å². The molecule has 4 rings (SSSR count). The molecular formula is C20H22BN3O3. The smallest absolute Gasteiger partial charge is 0.302 e. The second kappa shape index (κ2) is 6.25. The van der Waals surface area contributed by atoms with Gasteiger partial charge in [0.25, 0.3) is 5.91 Å². The van der Waals surface area contributed by atoms with Gasteiger partial charge in [0.05, 0.1) is 0 Å². The molecule has 6 nitrogen and oxygen atoms in total.